The summed E-state index contributed by atoms with van der Waals surface area (Å²) in [6.07, 6.45) is 10.0. The Hall–Kier alpha value is -1.09. The van der Waals surface area contributed by atoms with Crippen LogP contribution in [0.2, 0.25) is 0 Å². The van der Waals surface area contributed by atoms with Gasteiger partial charge in [-0.3, -0.25) is 4.79 Å². The molecule has 3 rings (SSSR count). The Kier molecular flexibility index (Phi) is 3.72. The van der Waals surface area contributed by atoms with E-state index in [0.29, 0.717) is 12.5 Å². The predicted octanol–water partition coefficient (Wildman–Crippen LogP) is 3.40. The van der Waals surface area contributed by atoms with Crippen molar-refractivity contribution in [1.82, 2.24) is 0 Å². The molecule has 0 unspecified atom stereocenters. The fourth-order valence-corrected chi connectivity index (χ4v) is 4.05. The van der Waals surface area contributed by atoms with Crippen molar-refractivity contribution < 1.29 is 14.3 Å². The number of hydrogen-bond acceptors (Lipinski definition) is 3. The molecule has 0 aromatic heterocycles. The normalized spacial score (nSPS) is 36.3. The van der Waals surface area contributed by atoms with Crippen LogP contribution in [-0.4, -0.2) is 24.8 Å². The van der Waals surface area contributed by atoms with Gasteiger partial charge in [0.1, 0.15) is 11.5 Å². The van der Waals surface area contributed by atoms with Crippen LogP contribution in [-0.2, 0) is 14.3 Å². The predicted molar refractivity (Wildman–Crippen MR) is 77.2 cm³/mol. The maximum Gasteiger partial charge on any atom is 0.316 e. The molecule has 110 valence electrons. The van der Waals surface area contributed by atoms with E-state index in [1.165, 1.54) is 30.4 Å². The Morgan fingerprint density at radius 3 is 3.05 bits per heavy atom. The van der Waals surface area contributed by atoms with Gasteiger partial charge in [0.05, 0.1) is 6.61 Å². The van der Waals surface area contributed by atoms with Gasteiger partial charge in [-0.2, -0.15) is 0 Å². The summed E-state index contributed by atoms with van der Waals surface area (Å²) in [4.78, 5) is 12.4. The highest BCUT2D eigenvalue weighted by Crippen LogP contribution is 2.48. The van der Waals surface area contributed by atoms with E-state index < -0.39 is 5.60 Å². The Labute approximate surface area is 121 Å². The lowest BCUT2D eigenvalue weighted by Crippen LogP contribution is -2.46. The maximum atomic E-state index is 12.4. The second kappa shape index (κ2) is 5.36. The van der Waals surface area contributed by atoms with E-state index in [-0.39, 0.29) is 11.9 Å². The van der Waals surface area contributed by atoms with Gasteiger partial charge >= 0.3 is 5.97 Å². The lowest BCUT2D eigenvalue weighted by atomic mass is 9.77. The molecular formula is C17H24O3. The summed E-state index contributed by atoms with van der Waals surface area (Å²) < 4.78 is 11.4. The molecule has 3 heteroatoms. The third-order valence-corrected chi connectivity index (χ3v) is 5.04. The average Bonchev–Trinajstić information content (AvgIpc) is 2.83. The molecule has 0 aromatic rings. The molecule has 1 aliphatic heterocycles. The van der Waals surface area contributed by atoms with Crippen molar-refractivity contribution in [2.24, 2.45) is 11.8 Å². The van der Waals surface area contributed by atoms with E-state index in [9.17, 15) is 4.79 Å². The lowest BCUT2D eigenvalue weighted by molar-refractivity contribution is -0.156. The minimum absolute atomic E-state index is 0.147. The third-order valence-electron chi connectivity index (χ3n) is 5.04. The van der Waals surface area contributed by atoms with Crippen LogP contribution in [0.3, 0.4) is 0 Å². The van der Waals surface area contributed by atoms with Gasteiger partial charge in [0.25, 0.3) is 0 Å². The van der Waals surface area contributed by atoms with E-state index in [0.717, 1.165) is 19.4 Å². The Bertz CT molecular complexity index is 463. The van der Waals surface area contributed by atoms with Crippen molar-refractivity contribution in [3.63, 3.8) is 0 Å². The molecule has 0 radical (unpaired) electrons. The van der Waals surface area contributed by atoms with Gasteiger partial charge in [-0.1, -0.05) is 17.7 Å². The van der Waals surface area contributed by atoms with Crippen LogP contribution in [0, 0.1) is 11.8 Å². The summed E-state index contributed by atoms with van der Waals surface area (Å²) in [5.41, 5.74) is 2.43. The minimum atomic E-state index is -0.491. The number of rotatable bonds is 2. The number of hydrogen-bond donors (Lipinski definition) is 0. The molecule has 3 nitrogen and oxygen atoms in total. The molecule has 2 aliphatic carbocycles. The molecule has 3 aliphatic rings. The molecule has 1 heterocycles. The topological polar surface area (TPSA) is 35.5 Å². The number of allylic oxidation sites excluding steroid dienone is 2. The summed E-state index contributed by atoms with van der Waals surface area (Å²) in [5.74, 6) is 0.0764. The summed E-state index contributed by atoms with van der Waals surface area (Å²) in [7, 11) is 0. The number of carbonyl (C=O) groups excluding carboxylic acids is 1. The van der Waals surface area contributed by atoms with Gasteiger partial charge in [0, 0.05) is 6.61 Å². The fraction of sp³-hybridized carbons (Fsp3) is 0.706. The minimum Gasteiger partial charge on any atom is -0.465 e. The third kappa shape index (κ3) is 2.12. The van der Waals surface area contributed by atoms with Crippen LogP contribution < -0.4 is 0 Å². The van der Waals surface area contributed by atoms with E-state index in [2.05, 4.69) is 13.0 Å². The first-order chi connectivity index (χ1) is 9.66. The zero-order valence-corrected chi connectivity index (χ0v) is 12.5. The molecule has 0 aromatic carbocycles. The van der Waals surface area contributed by atoms with Crippen LogP contribution in [0.1, 0.15) is 46.0 Å². The quantitative estimate of drug-likeness (QED) is 0.573. The highest BCUT2D eigenvalue weighted by Gasteiger charge is 2.47. The van der Waals surface area contributed by atoms with Gasteiger partial charge in [0.2, 0.25) is 0 Å². The Balaban J connectivity index is 2.03. The fourth-order valence-electron chi connectivity index (χ4n) is 4.05. The van der Waals surface area contributed by atoms with Crippen LogP contribution in [0.5, 0.6) is 0 Å². The lowest BCUT2D eigenvalue weighted by Gasteiger charge is -2.41. The van der Waals surface area contributed by atoms with E-state index >= 15 is 0 Å². The molecule has 20 heavy (non-hydrogen) atoms. The summed E-state index contributed by atoms with van der Waals surface area (Å²) >= 11 is 0. The SMILES string of the molecule is CCOC(=O)[C@H]1C=C[C@H]2CCCC2=C2CCCO[C@]21C. The van der Waals surface area contributed by atoms with Crippen molar-refractivity contribution in [1.29, 1.82) is 0 Å². The Morgan fingerprint density at radius 2 is 2.25 bits per heavy atom. The van der Waals surface area contributed by atoms with Gasteiger partial charge in [-0.15, -0.1) is 0 Å². The Morgan fingerprint density at radius 1 is 1.40 bits per heavy atom. The van der Waals surface area contributed by atoms with E-state index in [4.69, 9.17) is 9.47 Å². The highest BCUT2D eigenvalue weighted by molar-refractivity contribution is 5.77. The highest BCUT2D eigenvalue weighted by atomic mass is 16.5. The van der Waals surface area contributed by atoms with Crippen molar-refractivity contribution in [2.45, 2.75) is 51.6 Å². The summed E-state index contributed by atoms with van der Waals surface area (Å²) in [6, 6.07) is 0. The van der Waals surface area contributed by atoms with Gasteiger partial charge in [-0.05, 0) is 57.4 Å². The molecule has 0 N–H and O–H groups in total. The van der Waals surface area contributed by atoms with Crippen molar-refractivity contribution >= 4 is 5.97 Å². The van der Waals surface area contributed by atoms with Crippen LogP contribution in [0.15, 0.2) is 23.3 Å². The largest absolute Gasteiger partial charge is 0.465 e. The molecule has 3 atom stereocenters. The molecular weight excluding hydrogens is 252 g/mol. The maximum absolute atomic E-state index is 12.4. The van der Waals surface area contributed by atoms with Crippen molar-refractivity contribution in [2.75, 3.05) is 13.2 Å². The van der Waals surface area contributed by atoms with E-state index in [1.54, 1.807) is 0 Å². The van der Waals surface area contributed by atoms with Gasteiger partial charge in [-0.25, -0.2) is 0 Å². The first kappa shape index (κ1) is 13.9. The standard InChI is InChI=1S/C17H24O3/c1-3-19-16(18)15-10-9-12-6-4-7-13(12)14-8-5-11-20-17(14,15)2/h9-10,12,15H,3-8,11H2,1-2H3/t12-,15-,17-/m1/s1. The second-order valence-electron chi connectivity index (χ2n) is 6.18. The van der Waals surface area contributed by atoms with Crippen LogP contribution in [0.4, 0.5) is 0 Å². The van der Waals surface area contributed by atoms with Crippen molar-refractivity contribution in [3.8, 4) is 0 Å². The second-order valence-corrected chi connectivity index (χ2v) is 6.18. The number of ether oxygens (including phenoxy) is 2. The zero-order chi connectivity index (χ0) is 14.2. The van der Waals surface area contributed by atoms with Crippen LogP contribution >= 0.6 is 0 Å². The number of esters is 1. The molecule has 0 amide bonds. The number of fused-ring (bicyclic) bond motifs is 2. The first-order valence-corrected chi connectivity index (χ1v) is 7.88. The monoisotopic (exact) mass is 276 g/mol. The average molecular weight is 276 g/mol. The molecule has 0 spiro atoms. The summed E-state index contributed by atoms with van der Waals surface area (Å²) in [6.45, 7) is 5.11. The first-order valence-electron chi connectivity index (χ1n) is 7.88. The number of carbonyl (C=O) groups is 1. The smallest absolute Gasteiger partial charge is 0.316 e. The molecule has 1 saturated heterocycles. The van der Waals surface area contributed by atoms with E-state index in [1.807, 2.05) is 13.0 Å². The van der Waals surface area contributed by atoms with Crippen molar-refractivity contribution in [3.05, 3.63) is 23.3 Å². The van der Waals surface area contributed by atoms with Crippen LogP contribution in [0.25, 0.3) is 0 Å². The molecule has 2 fully saturated rings. The van der Waals surface area contributed by atoms with Gasteiger partial charge < -0.3 is 9.47 Å². The molecule has 0 bridgehead atoms. The molecule has 1 saturated carbocycles. The zero-order valence-electron chi connectivity index (χ0n) is 12.5. The summed E-state index contributed by atoms with van der Waals surface area (Å²) in [5, 5.41) is 0. The van der Waals surface area contributed by atoms with Gasteiger partial charge in [0.15, 0.2) is 0 Å².